The van der Waals surface area contributed by atoms with Crippen molar-refractivity contribution in [3.63, 3.8) is 0 Å². The number of hydrogen-bond donors (Lipinski definition) is 1. The fourth-order valence-electron chi connectivity index (χ4n) is 2.22. The van der Waals surface area contributed by atoms with E-state index in [-0.39, 0.29) is 5.82 Å². The lowest BCUT2D eigenvalue weighted by atomic mass is 10.2. The van der Waals surface area contributed by atoms with E-state index in [1.165, 1.54) is 29.2 Å². The molecule has 9 heteroatoms. The van der Waals surface area contributed by atoms with E-state index in [2.05, 4.69) is 15.5 Å². The van der Waals surface area contributed by atoms with Gasteiger partial charge in [-0.1, -0.05) is 40.6 Å². The second-order valence-corrected chi connectivity index (χ2v) is 8.02. The summed E-state index contributed by atoms with van der Waals surface area (Å²) in [4.78, 5) is 11.2. The molecule has 1 heterocycles. The van der Waals surface area contributed by atoms with Crippen molar-refractivity contribution in [2.45, 2.75) is 9.73 Å². The van der Waals surface area contributed by atoms with E-state index in [4.69, 9.17) is 23.2 Å². The topological polar surface area (TPSA) is 54.9 Å². The number of hydrogen-bond acceptors (Lipinski definition) is 5. The molecule has 1 amide bonds. The third-order valence-electron chi connectivity index (χ3n) is 3.43. The summed E-state index contributed by atoms with van der Waals surface area (Å²) in [5.41, 5.74) is 1.83. The number of alkyl halides is 2. The summed E-state index contributed by atoms with van der Waals surface area (Å²) in [5.74, 6) is -0.822. The standard InChI is InChI=1S/C17H12Cl2FN3OS2/c1-25-12-4-2-3-11(20)13(12)17-23-22-16(26-17)9-5-7-10(8-6-9)21-15(24)14(18)19/h2-8,14H,1H3,(H,21,24). The van der Waals surface area contributed by atoms with Gasteiger partial charge in [-0.05, 0) is 42.7 Å². The normalized spacial score (nSPS) is 11.0. The van der Waals surface area contributed by atoms with Crippen LogP contribution in [-0.4, -0.2) is 27.2 Å². The fourth-order valence-corrected chi connectivity index (χ4v) is 3.91. The maximum absolute atomic E-state index is 14.2. The maximum atomic E-state index is 14.2. The molecular formula is C17H12Cl2FN3OS2. The zero-order valence-corrected chi connectivity index (χ0v) is 16.5. The average Bonchev–Trinajstić information content (AvgIpc) is 3.11. The summed E-state index contributed by atoms with van der Waals surface area (Å²) in [6.07, 6.45) is 1.89. The Labute approximate surface area is 167 Å². The van der Waals surface area contributed by atoms with E-state index in [9.17, 15) is 9.18 Å². The molecule has 0 radical (unpaired) electrons. The van der Waals surface area contributed by atoms with Crippen molar-refractivity contribution >= 4 is 57.9 Å². The monoisotopic (exact) mass is 427 g/mol. The number of aromatic nitrogens is 2. The molecule has 0 spiro atoms. The molecule has 26 heavy (non-hydrogen) atoms. The van der Waals surface area contributed by atoms with E-state index in [0.29, 0.717) is 21.3 Å². The van der Waals surface area contributed by atoms with E-state index < -0.39 is 10.7 Å². The number of anilines is 1. The number of halogens is 3. The molecule has 0 bridgehead atoms. The highest BCUT2D eigenvalue weighted by molar-refractivity contribution is 7.98. The molecule has 0 aliphatic heterocycles. The van der Waals surface area contributed by atoms with Crippen molar-refractivity contribution in [1.82, 2.24) is 10.2 Å². The first-order chi connectivity index (χ1) is 12.5. The third kappa shape index (κ3) is 4.17. The van der Waals surface area contributed by atoms with Crippen molar-refractivity contribution < 1.29 is 9.18 Å². The number of carbonyl (C=O) groups is 1. The first-order valence-electron chi connectivity index (χ1n) is 7.35. The van der Waals surface area contributed by atoms with Crippen LogP contribution in [0.2, 0.25) is 0 Å². The second-order valence-electron chi connectivity index (χ2n) is 5.10. The third-order valence-corrected chi connectivity index (χ3v) is 5.60. The molecule has 134 valence electrons. The van der Waals surface area contributed by atoms with Crippen molar-refractivity contribution in [2.75, 3.05) is 11.6 Å². The first kappa shape index (κ1) is 19.1. The van der Waals surface area contributed by atoms with Gasteiger partial charge in [0.2, 0.25) is 0 Å². The minimum Gasteiger partial charge on any atom is -0.324 e. The predicted octanol–water partition coefficient (Wildman–Crippen LogP) is 5.48. The summed E-state index contributed by atoms with van der Waals surface area (Å²) >= 11 is 13.8. The van der Waals surface area contributed by atoms with E-state index in [1.54, 1.807) is 30.3 Å². The summed E-state index contributed by atoms with van der Waals surface area (Å²) < 4.78 is 14.2. The number of nitrogens with one attached hydrogen (secondary N) is 1. The van der Waals surface area contributed by atoms with Crippen molar-refractivity contribution in [1.29, 1.82) is 0 Å². The fraction of sp³-hybridized carbons (Fsp3) is 0.118. The summed E-state index contributed by atoms with van der Waals surface area (Å²) in [6, 6.07) is 11.9. The number of thioether (sulfide) groups is 1. The molecular weight excluding hydrogens is 416 g/mol. The van der Waals surface area contributed by atoms with Gasteiger partial charge in [0.05, 0.1) is 5.56 Å². The number of benzene rings is 2. The molecule has 3 aromatic rings. The lowest BCUT2D eigenvalue weighted by molar-refractivity contribution is -0.114. The second kappa shape index (κ2) is 8.35. The molecule has 0 fully saturated rings. The van der Waals surface area contributed by atoms with Gasteiger partial charge >= 0.3 is 0 Å². The van der Waals surface area contributed by atoms with E-state index in [1.807, 2.05) is 12.3 Å². The Morgan fingerprint density at radius 2 is 1.85 bits per heavy atom. The van der Waals surface area contributed by atoms with Crippen LogP contribution in [0.1, 0.15) is 0 Å². The zero-order valence-electron chi connectivity index (χ0n) is 13.4. The number of rotatable bonds is 5. The quantitative estimate of drug-likeness (QED) is 0.432. The van der Waals surface area contributed by atoms with Gasteiger partial charge in [0.1, 0.15) is 10.8 Å². The van der Waals surface area contributed by atoms with Crippen LogP contribution in [0.4, 0.5) is 10.1 Å². The molecule has 0 aliphatic rings. The molecule has 2 aromatic carbocycles. The van der Waals surface area contributed by atoms with Crippen molar-refractivity contribution in [3.8, 4) is 21.1 Å². The highest BCUT2D eigenvalue weighted by atomic mass is 35.5. The number of nitrogens with zero attached hydrogens (tertiary/aromatic N) is 2. The Bertz CT molecular complexity index is 932. The largest absolute Gasteiger partial charge is 0.324 e. The highest BCUT2D eigenvalue weighted by Gasteiger charge is 2.16. The summed E-state index contributed by atoms with van der Waals surface area (Å²) in [5, 5.41) is 12.1. The van der Waals surface area contributed by atoms with Gasteiger partial charge in [0.25, 0.3) is 5.91 Å². The Balaban J connectivity index is 1.86. The van der Waals surface area contributed by atoms with Crippen molar-refractivity contribution in [3.05, 3.63) is 48.3 Å². The number of carbonyl (C=O) groups excluding carboxylic acids is 1. The lowest BCUT2D eigenvalue weighted by Gasteiger charge is -2.05. The Hall–Kier alpha value is -1.67. The van der Waals surface area contributed by atoms with Gasteiger partial charge in [0.15, 0.2) is 9.84 Å². The molecule has 1 N–H and O–H groups in total. The Kier molecular flexibility index (Phi) is 6.13. The van der Waals surface area contributed by atoms with Crippen LogP contribution in [0.5, 0.6) is 0 Å². The van der Waals surface area contributed by atoms with E-state index >= 15 is 0 Å². The summed E-state index contributed by atoms with van der Waals surface area (Å²) in [6.45, 7) is 0. The SMILES string of the molecule is CSc1cccc(F)c1-c1nnc(-c2ccc(NC(=O)C(Cl)Cl)cc2)s1. The molecule has 3 rings (SSSR count). The molecule has 4 nitrogen and oxygen atoms in total. The minimum absolute atomic E-state index is 0.325. The average molecular weight is 428 g/mol. The molecule has 1 aromatic heterocycles. The van der Waals surface area contributed by atoms with Gasteiger partial charge in [-0.25, -0.2) is 4.39 Å². The van der Waals surface area contributed by atoms with Crippen LogP contribution >= 0.6 is 46.3 Å². The Morgan fingerprint density at radius 1 is 1.15 bits per heavy atom. The zero-order chi connectivity index (χ0) is 18.7. The first-order valence-corrected chi connectivity index (χ1v) is 10.3. The lowest BCUT2D eigenvalue weighted by Crippen LogP contribution is -2.18. The number of amides is 1. The molecule has 0 saturated carbocycles. The van der Waals surface area contributed by atoms with Crippen LogP contribution in [-0.2, 0) is 4.79 Å². The van der Waals surface area contributed by atoms with Crippen LogP contribution in [0.15, 0.2) is 47.4 Å². The van der Waals surface area contributed by atoms with Crippen LogP contribution < -0.4 is 5.32 Å². The van der Waals surface area contributed by atoms with Crippen molar-refractivity contribution in [2.24, 2.45) is 0 Å². The molecule has 0 atom stereocenters. The van der Waals surface area contributed by atoms with Gasteiger partial charge < -0.3 is 5.32 Å². The molecule has 0 aliphatic carbocycles. The smallest absolute Gasteiger partial charge is 0.257 e. The highest BCUT2D eigenvalue weighted by Crippen LogP contribution is 2.36. The molecule has 0 saturated heterocycles. The van der Waals surface area contributed by atoms with Crippen LogP contribution in [0.3, 0.4) is 0 Å². The Morgan fingerprint density at radius 3 is 2.50 bits per heavy atom. The van der Waals surface area contributed by atoms with Crippen LogP contribution in [0, 0.1) is 5.82 Å². The molecule has 0 unspecified atom stereocenters. The summed E-state index contributed by atoms with van der Waals surface area (Å²) in [7, 11) is 0. The van der Waals surface area contributed by atoms with Crippen LogP contribution in [0.25, 0.3) is 21.1 Å². The van der Waals surface area contributed by atoms with Gasteiger partial charge in [-0.2, -0.15) is 0 Å². The predicted molar refractivity (Wildman–Crippen MR) is 107 cm³/mol. The van der Waals surface area contributed by atoms with Gasteiger partial charge in [-0.3, -0.25) is 4.79 Å². The minimum atomic E-state index is -1.13. The van der Waals surface area contributed by atoms with Gasteiger partial charge in [-0.15, -0.1) is 22.0 Å². The van der Waals surface area contributed by atoms with Gasteiger partial charge in [0, 0.05) is 16.1 Å². The van der Waals surface area contributed by atoms with E-state index in [0.717, 1.165) is 10.5 Å². The maximum Gasteiger partial charge on any atom is 0.257 e.